The van der Waals surface area contributed by atoms with Crippen molar-refractivity contribution in [2.45, 2.75) is 11.3 Å². The highest BCUT2D eigenvalue weighted by Crippen LogP contribution is 2.15. The maximum Gasteiger partial charge on any atom is 0.323 e. The third-order valence-corrected chi connectivity index (χ3v) is 4.85. The molecule has 3 aromatic rings. The van der Waals surface area contributed by atoms with Gasteiger partial charge in [-0.25, -0.2) is 22.3 Å². The van der Waals surface area contributed by atoms with Crippen molar-refractivity contribution in [1.29, 1.82) is 0 Å². The second kappa shape index (κ2) is 5.98. The fourth-order valence-corrected chi connectivity index (χ4v) is 3.34. The van der Waals surface area contributed by atoms with Crippen LogP contribution in [0.5, 0.6) is 0 Å². The van der Waals surface area contributed by atoms with E-state index in [1.807, 2.05) is 0 Å². The summed E-state index contributed by atoms with van der Waals surface area (Å²) in [7, 11) is -3.70. The zero-order valence-electron chi connectivity index (χ0n) is 12.0. The maximum atomic E-state index is 13.1. The van der Waals surface area contributed by atoms with E-state index in [1.54, 1.807) is 12.1 Å². The van der Waals surface area contributed by atoms with E-state index in [1.165, 1.54) is 30.3 Å². The van der Waals surface area contributed by atoms with E-state index in [4.69, 9.17) is 0 Å². The molecular weight excluding hydrogens is 321 g/mol. The molecule has 0 atom stereocenters. The van der Waals surface area contributed by atoms with Crippen LogP contribution in [0.1, 0.15) is 5.56 Å². The highest BCUT2D eigenvalue weighted by molar-refractivity contribution is 7.89. The minimum absolute atomic E-state index is 0.0551. The lowest BCUT2D eigenvalue weighted by atomic mass is 10.1. The van der Waals surface area contributed by atoms with Gasteiger partial charge in [0.15, 0.2) is 0 Å². The van der Waals surface area contributed by atoms with Gasteiger partial charge in [0.05, 0.1) is 15.9 Å². The predicted molar refractivity (Wildman–Crippen MR) is 84.2 cm³/mol. The number of aromatic nitrogens is 2. The summed E-state index contributed by atoms with van der Waals surface area (Å²) < 4.78 is 40.0. The van der Waals surface area contributed by atoms with Crippen LogP contribution >= 0.6 is 0 Å². The first kappa shape index (κ1) is 15.4. The highest BCUT2D eigenvalue weighted by atomic mass is 32.2. The van der Waals surface area contributed by atoms with Gasteiger partial charge in [-0.2, -0.15) is 0 Å². The van der Waals surface area contributed by atoms with Gasteiger partial charge in [0.25, 0.3) is 0 Å². The topological polar surface area (TPSA) is 94.8 Å². The van der Waals surface area contributed by atoms with Gasteiger partial charge >= 0.3 is 5.69 Å². The quantitative estimate of drug-likeness (QED) is 0.660. The minimum Gasteiger partial charge on any atom is -0.306 e. The molecule has 3 N–H and O–H groups in total. The van der Waals surface area contributed by atoms with Gasteiger partial charge in [-0.15, -0.1) is 0 Å². The number of H-pyrrole nitrogens is 2. The SMILES string of the molecule is O=c1[nH]c2ccc(S(=O)(=O)NCCc3cccc(F)c3)cc2[nH]1. The molecule has 120 valence electrons. The van der Waals surface area contributed by atoms with E-state index in [2.05, 4.69) is 14.7 Å². The van der Waals surface area contributed by atoms with Crippen LogP contribution in [0.25, 0.3) is 11.0 Å². The van der Waals surface area contributed by atoms with Gasteiger partial charge < -0.3 is 9.97 Å². The number of hydrogen-bond donors (Lipinski definition) is 3. The summed E-state index contributed by atoms with van der Waals surface area (Å²) in [4.78, 5) is 16.3. The molecule has 6 nitrogen and oxygen atoms in total. The molecule has 0 saturated heterocycles. The van der Waals surface area contributed by atoms with Crippen molar-refractivity contribution in [3.8, 4) is 0 Å². The molecule has 0 saturated carbocycles. The van der Waals surface area contributed by atoms with E-state index >= 15 is 0 Å². The van der Waals surface area contributed by atoms with Crippen LogP contribution in [0.2, 0.25) is 0 Å². The lowest BCUT2D eigenvalue weighted by Gasteiger charge is -2.07. The van der Waals surface area contributed by atoms with Crippen LogP contribution in [0.15, 0.2) is 52.2 Å². The first-order valence-corrected chi connectivity index (χ1v) is 8.38. The molecule has 0 amide bonds. The fourth-order valence-electron chi connectivity index (χ4n) is 2.28. The van der Waals surface area contributed by atoms with Crippen molar-refractivity contribution < 1.29 is 12.8 Å². The molecule has 8 heteroatoms. The lowest BCUT2D eigenvalue weighted by Crippen LogP contribution is -2.26. The summed E-state index contributed by atoms with van der Waals surface area (Å²) in [5.74, 6) is -0.354. The Morgan fingerprint density at radius 3 is 2.61 bits per heavy atom. The third-order valence-electron chi connectivity index (χ3n) is 3.39. The molecule has 0 fully saturated rings. The average molecular weight is 335 g/mol. The monoisotopic (exact) mass is 335 g/mol. The molecule has 0 aliphatic rings. The van der Waals surface area contributed by atoms with Gasteiger partial charge in [-0.3, -0.25) is 0 Å². The standard InChI is InChI=1S/C15H14FN3O3S/c16-11-3-1-2-10(8-11)6-7-17-23(21,22)12-4-5-13-14(9-12)19-15(20)18-13/h1-5,8-9,17H,6-7H2,(H2,18,19,20). The Kier molecular flexibility index (Phi) is 4.01. The lowest BCUT2D eigenvalue weighted by molar-refractivity contribution is 0.581. The Morgan fingerprint density at radius 2 is 1.83 bits per heavy atom. The molecule has 0 bridgehead atoms. The van der Waals surface area contributed by atoms with Crippen molar-refractivity contribution in [1.82, 2.24) is 14.7 Å². The maximum absolute atomic E-state index is 13.1. The van der Waals surface area contributed by atoms with Crippen molar-refractivity contribution >= 4 is 21.1 Å². The Morgan fingerprint density at radius 1 is 1.04 bits per heavy atom. The van der Waals surface area contributed by atoms with Gasteiger partial charge in [-0.1, -0.05) is 12.1 Å². The molecule has 2 aromatic carbocycles. The first-order chi connectivity index (χ1) is 10.9. The molecule has 0 spiro atoms. The van der Waals surface area contributed by atoms with Gasteiger partial charge in [0, 0.05) is 6.54 Å². The molecule has 0 aliphatic carbocycles. The predicted octanol–water partition coefficient (Wildman–Crippen LogP) is 1.52. The van der Waals surface area contributed by atoms with Crippen LogP contribution in [0.3, 0.4) is 0 Å². The molecule has 1 aromatic heterocycles. The van der Waals surface area contributed by atoms with E-state index in [9.17, 15) is 17.6 Å². The Balaban J connectivity index is 1.73. The van der Waals surface area contributed by atoms with Crippen molar-refractivity contribution in [2.24, 2.45) is 0 Å². The molecule has 23 heavy (non-hydrogen) atoms. The normalized spacial score (nSPS) is 11.9. The number of halogens is 1. The third kappa shape index (κ3) is 3.49. The molecule has 0 radical (unpaired) electrons. The largest absolute Gasteiger partial charge is 0.323 e. The number of hydrogen-bond acceptors (Lipinski definition) is 3. The van der Waals surface area contributed by atoms with E-state index < -0.39 is 15.7 Å². The highest BCUT2D eigenvalue weighted by Gasteiger charge is 2.14. The van der Waals surface area contributed by atoms with Crippen molar-refractivity contribution in [3.05, 3.63) is 64.3 Å². The molecule has 1 heterocycles. The summed E-state index contributed by atoms with van der Waals surface area (Å²) in [6, 6.07) is 10.3. The zero-order chi connectivity index (χ0) is 16.4. The number of fused-ring (bicyclic) bond motifs is 1. The van der Waals surface area contributed by atoms with E-state index in [0.717, 1.165) is 0 Å². The Labute approximate surface area is 131 Å². The van der Waals surface area contributed by atoms with Crippen LogP contribution in [-0.4, -0.2) is 24.9 Å². The zero-order valence-corrected chi connectivity index (χ0v) is 12.8. The summed E-state index contributed by atoms with van der Waals surface area (Å²) in [5, 5.41) is 0. The van der Waals surface area contributed by atoms with Crippen LogP contribution < -0.4 is 10.4 Å². The molecule has 3 rings (SSSR count). The van der Waals surface area contributed by atoms with E-state index in [-0.39, 0.29) is 17.3 Å². The number of sulfonamides is 1. The Bertz CT molecular complexity index is 1010. The summed E-state index contributed by atoms with van der Waals surface area (Å²) >= 11 is 0. The van der Waals surface area contributed by atoms with Gasteiger partial charge in [-0.05, 0) is 42.3 Å². The Hall–Kier alpha value is -2.45. The average Bonchev–Trinajstić information content (AvgIpc) is 2.86. The van der Waals surface area contributed by atoms with Crippen LogP contribution in [-0.2, 0) is 16.4 Å². The number of imidazole rings is 1. The van der Waals surface area contributed by atoms with E-state index in [0.29, 0.717) is 23.0 Å². The summed E-state index contributed by atoms with van der Waals surface area (Å²) in [6.45, 7) is 0.146. The summed E-state index contributed by atoms with van der Waals surface area (Å²) in [5.41, 5.74) is 1.27. The number of benzene rings is 2. The van der Waals surface area contributed by atoms with Gasteiger partial charge in [0.2, 0.25) is 10.0 Å². The number of aromatic amines is 2. The van der Waals surface area contributed by atoms with Crippen molar-refractivity contribution in [3.63, 3.8) is 0 Å². The first-order valence-electron chi connectivity index (χ1n) is 6.90. The molecule has 0 aliphatic heterocycles. The second-order valence-electron chi connectivity index (χ2n) is 5.06. The van der Waals surface area contributed by atoms with Crippen LogP contribution in [0, 0.1) is 5.82 Å². The van der Waals surface area contributed by atoms with Crippen LogP contribution in [0.4, 0.5) is 4.39 Å². The number of nitrogens with one attached hydrogen (secondary N) is 3. The molecular formula is C15H14FN3O3S. The second-order valence-corrected chi connectivity index (χ2v) is 6.83. The minimum atomic E-state index is -3.70. The molecule has 0 unspecified atom stereocenters. The summed E-state index contributed by atoms with van der Waals surface area (Å²) in [6.07, 6.45) is 0.375. The fraction of sp³-hybridized carbons (Fsp3) is 0.133. The number of rotatable bonds is 5. The van der Waals surface area contributed by atoms with Gasteiger partial charge in [0.1, 0.15) is 5.82 Å². The smallest absolute Gasteiger partial charge is 0.306 e. The van der Waals surface area contributed by atoms with Crippen molar-refractivity contribution in [2.75, 3.05) is 6.54 Å².